The summed E-state index contributed by atoms with van der Waals surface area (Å²) < 4.78 is 13.1. The molecule has 3 atom stereocenters. The molecule has 0 saturated carbocycles. The highest BCUT2D eigenvalue weighted by atomic mass is 32.2. The first-order valence-electron chi connectivity index (χ1n) is 14.4. The largest absolute Gasteiger partial charge is 0.392 e. The van der Waals surface area contributed by atoms with Crippen LogP contribution in [0, 0.1) is 0 Å². The summed E-state index contributed by atoms with van der Waals surface area (Å²) in [5, 5.41) is 13.2. The normalized spacial score (nSPS) is 18.1. The molecule has 1 saturated heterocycles. The third kappa shape index (κ3) is 7.56. The summed E-state index contributed by atoms with van der Waals surface area (Å²) in [4.78, 5) is 25.2. The second-order valence-corrected chi connectivity index (χ2v) is 11.4. The molecule has 0 aliphatic carbocycles. The number of carbonyl (C=O) groups is 1. The number of ether oxygens (including phenoxy) is 2. The summed E-state index contributed by atoms with van der Waals surface area (Å²) >= 11 is 1.56. The Kier molecular flexibility index (Phi) is 9.69. The van der Waals surface area contributed by atoms with Gasteiger partial charge in [0.1, 0.15) is 0 Å². The zero-order chi connectivity index (χ0) is 30.1. The van der Waals surface area contributed by atoms with Crippen molar-refractivity contribution in [2.24, 2.45) is 0 Å². The molecule has 222 valence electrons. The van der Waals surface area contributed by atoms with Crippen LogP contribution in [0.5, 0.6) is 0 Å². The van der Waals surface area contributed by atoms with E-state index in [9.17, 15) is 9.90 Å². The Labute approximate surface area is 260 Å². The molecule has 3 heterocycles. The van der Waals surface area contributed by atoms with Gasteiger partial charge in [-0.3, -0.25) is 9.78 Å². The SMILES string of the molecule is O=C(NCc1cccc(-c2cccc([C@H]3O[C@@H](CSc4ncccn4)C[C@@H](c4ccc(CO)cc4)O3)c2)c1)c1cccnc1. The van der Waals surface area contributed by atoms with Gasteiger partial charge in [-0.05, 0) is 58.1 Å². The summed E-state index contributed by atoms with van der Waals surface area (Å²) in [6, 6.07) is 29.5. The lowest BCUT2D eigenvalue weighted by atomic mass is 9.99. The molecule has 1 aliphatic heterocycles. The molecule has 2 N–H and O–H groups in total. The Morgan fingerprint density at radius 3 is 2.41 bits per heavy atom. The quantitative estimate of drug-likeness (QED) is 0.141. The van der Waals surface area contributed by atoms with Crippen LogP contribution in [-0.2, 0) is 22.6 Å². The van der Waals surface area contributed by atoms with Crippen LogP contribution in [-0.4, -0.2) is 37.8 Å². The number of hydrogen-bond acceptors (Lipinski definition) is 8. The average molecular weight is 605 g/mol. The molecule has 0 bridgehead atoms. The zero-order valence-electron chi connectivity index (χ0n) is 24.0. The number of benzene rings is 3. The summed E-state index contributed by atoms with van der Waals surface area (Å²) in [7, 11) is 0. The molecular weight excluding hydrogens is 572 g/mol. The van der Waals surface area contributed by atoms with E-state index in [4.69, 9.17) is 9.47 Å². The number of amides is 1. The highest BCUT2D eigenvalue weighted by Crippen LogP contribution is 2.40. The maximum absolute atomic E-state index is 12.5. The van der Waals surface area contributed by atoms with Crippen LogP contribution in [0.4, 0.5) is 0 Å². The Morgan fingerprint density at radius 1 is 0.841 bits per heavy atom. The second kappa shape index (κ2) is 14.4. The zero-order valence-corrected chi connectivity index (χ0v) is 24.8. The van der Waals surface area contributed by atoms with Gasteiger partial charge in [0.05, 0.1) is 24.4 Å². The van der Waals surface area contributed by atoms with Crippen molar-refractivity contribution in [3.05, 3.63) is 144 Å². The monoisotopic (exact) mass is 604 g/mol. The van der Waals surface area contributed by atoms with Gasteiger partial charge in [-0.1, -0.05) is 72.4 Å². The van der Waals surface area contributed by atoms with Crippen molar-refractivity contribution in [1.82, 2.24) is 20.3 Å². The minimum Gasteiger partial charge on any atom is -0.392 e. The predicted molar refractivity (Wildman–Crippen MR) is 168 cm³/mol. The number of pyridine rings is 1. The van der Waals surface area contributed by atoms with E-state index in [0.717, 1.165) is 33.4 Å². The molecule has 3 aromatic carbocycles. The van der Waals surface area contributed by atoms with Crippen LogP contribution in [0.1, 0.15) is 51.4 Å². The minimum atomic E-state index is -0.574. The Hall–Kier alpha value is -4.41. The van der Waals surface area contributed by atoms with Crippen molar-refractivity contribution in [2.75, 3.05) is 5.75 Å². The highest BCUT2D eigenvalue weighted by Gasteiger charge is 2.32. The van der Waals surface area contributed by atoms with Gasteiger partial charge in [-0.2, -0.15) is 0 Å². The van der Waals surface area contributed by atoms with E-state index in [1.54, 1.807) is 54.7 Å². The van der Waals surface area contributed by atoms with E-state index < -0.39 is 6.29 Å². The number of hydrogen-bond donors (Lipinski definition) is 2. The molecule has 5 aromatic rings. The summed E-state index contributed by atoms with van der Waals surface area (Å²) in [6.45, 7) is 0.399. The van der Waals surface area contributed by atoms with Crippen LogP contribution in [0.25, 0.3) is 11.1 Å². The van der Waals surface area contributed by atoms with Gasteiger partial charge < -0.3 is 19.9 Å². The molecule has 1 amide bonds. The van der Waals surface area contributed by atoms with E-state index in [1.165, 1.54) is 0 Å². The lowest BCUT2D eigenvalue weighted by Crippen LogP contribution is -2.31. The average Bonchev–Trinajstić information content (AvgIpc) is 3.10. The Morgan fingerprint density at radius 2 is 1.64 bits per heavy atom. The highest BCUT2D eigenvalue weighted by molar-refractivity contribution is 7.99. The summed E-state index contributed by atoms with van der Waals surface area (Å²) in [6.07, 6.45) is 6.51. The first-order valence-corrected chi connectivity index (χ1v) is 15.4. The molecule has 6 rings (SSSR count). The molecule has 9 heteroatoms. The number of aliphatic hydroxyl groups is 1. The molecule has 8 nitrogen and oxygen atoms in total. The number of aliphatic hydroxyl groups excluding tert-OH is 1. The van der Waals surface area contributed by atoms with Crippen molar-refractivity contribution in [1.29, 1.82) is 0 Å². The number of carbonyl (C=O) groups excluding carboxylic acids is 1. The van der Waals surface area contributed by atoms with Gasteiger partial charge in [0, 0.05) is 49.1 Å². The topological polar surface area (TPSA) is 106 Å². The van der Waals surface area contributed by atoms with Gasteiger partial charge in [-0.25, -0.2) is 9.97 Å². The standard InChI is InChI=1S/C35H32N4O4S/c40-22-24-10-12-26(13-11-24)32-19-31(23-44-35-37-15-4-16-38-35)42-34(43-32)29-8-2-7-28(18-29)27-6-1-5-25(17-27)20-39-33(41)30-9-3-14-36-21-30/h1-18,21,31-32,34,40H,19-20,22-23H2,(H,39,41)/t31-,32+,34+/m1/s1. The molecule has 0 spiro atoms. The molecule has 1 fully saturated rings. The molecule has 2 aromatic heterocycles. The fourth-order valence-electron chi connectivity index (χ4n) is 5.06. The molecule has 1 aliphatic rings. The van der Waals surface area contributed by atoms with Crippen molar-refractivity contribution < 1.29 is 19.4 Å². The number of nitrogens with zero attached hydrogens (tertiary/aromatic N) is 3. The minimum absolute atomic E-state index is 0.00124. The summed E-state index contributed by atoms with van der Waals surface area (Å²) in [5.74, 6) is 0.519. The predicted octanol–water partition coefficient (Wildman–Crippen LogP) is 6.30. The van der Waals surface area contributed by atoms with E-state index in [1.807, 2.05) is 48.5 Å². The molecule has 0 unspecified atom stereocenters. The number of aromatic nitrogens is 3. The number of thioether (sulfide) groups is 1. The fourth-order valence-corrected chi connectivity index (χ4v) is 5.88. The van der Waals surface area contributed by atoms with E-state index >= 15 is 0 Å². The third-order valence-electron chi connectivity index (χ3n) is 7.35. The second-order valence-electron chi connectivity index (χ2n) is 10.4. The maximum Gasteiger partial charge on any atom is 0.253 e. The van der Waals surface area contributed by atoms with Crippen molar-refractivity contribution in [3.63, 3.8) is 0 Å². The van der Waals surface area contributed by atoms with Gasteiger partial charge in [0.2, 0.25) is 0 Å². The van der Waals surface area contributed by atoms with Crippen molar-refractivity contribution >= 4 is 17.7 Å². The fraction of sp³-hybridized carbons (Fsp3) is 0.200. The molecule has 44 heavy (non-hydrogen) atoms. The van der Waals surface area contributed by atoms with E-state index in [-0.39, 0.29) is 24.7 Å². The first kappa shape index (κ1) is 29.7. The first-order chi connectivity index (χ1) is 21.6. The van der Waals surface area contributed by atoms with E-state index in [2.05, 4.69) is 44.5 Å². The number of rotatable bonds is 10. The van der Waals surface area contributed by atoms with Gasteiger partial charge in [0.25, 0.3) is 5.91 Å². The Balaban J connectivity index is 1.20. The summed E-state index contributed by atoms with van der Waals surface area (Å²) in [5.41, 5.74) is 6.38. The van der Waals surface area contributed by atoms with Crippen LogP contribution < -0.4 is 5.32 Å². The van der Waals surface area contributed by atoms with Gasteiger partial charge >= 0.3 is 0 Å². The van der Waals surface area contributed by atoms with Crippen LogP contribution in [0.3, 0.4) is 0 Å². The van der Waals surface area contributed by atoms with Crippen molar-refractivity contribution in [3.8, 4) is 11.1 Å². The van der Waals surface area contributed by atoms with Gasteiger partial charge in [-0.15, -0.1) is 0 Å². The molecular formula is C35H32N4O4S. The van der Waals surface area contributed by atoms with Gasteiger partial charge in [0.15, 0.2) is 11.4 Å². The lowest BCUT2D eigenvalue weighted by molar-refractivity contribution is -0.245. The van der Waals surface area contributed by atoms with Crippen LogP contribution in [0.15, 0.2) is 121 Å². The van der Waals surface area contributed by atoms with Crippen LogP contribution in [0.2, 0.25) is 0 Å². The number of nitrogens with one attached hydrogen (secondary N) is 1. The third-order valence-corrected chi connectivity index (χ3v) is 8.36. The molecule has 0 radical (unpaired) electrons. The van der Waals surface area contributed by atoms with E-state index in [0.29, 0.717) is 29.4 Å². The lowest BCUT2D eigenvalue weighted by Gasteiger charge is -2.36. The van der Waals surface area contributed by atoms with Crippen LogP contribution >= 0.6 is 11.8 Å². The maximum atomic E-state index is 12.5. The Bertz CT molecular complexity index is 1670. The van der Waals surface area contributed by atoms with Crippen molar-refractivity contribution in [2.45, 2.75) is 43.2 Å². The smallest absolute Gasteiger partial charge is 0.253 e.